The molecule has 1 fully saturated rings. The highest BCUT2D eigenvalue weighted by Crippen LogP contribution is 2.29. The number of carbonyl (C=O) groups excluding carboxylic acids is 1. The number of nitrogens with zero attached hydrogens (tertiary/aromatic N) is 4. The van der Waals surface area contributed by atoms with Gasteiger partial charge in [-0.15, -0.1) is 0 Å². The molecule has 1 N–H and O–H groups in total. The van der Waals surface area contributed by atoms with Gasteiger partial charge in [0.25, 0.3) is 6.01 Å². The lowest BCUT2D eigenvalue weighted by atomic mass is 9.94. The highest BCUT2D eigenvalue weighted by Gasteiger charge is 2.28. The minimum absolute atomic E-state index is 0.225. The molecule has 0 aliphatic carbocycles. The topological polar surface area (TPSA) is 78.3 Å². The van der Waals surface area contributed by atoms with Gasteiger partial charge in [0.2, 0.25) is 5.91 Å². The number of halogens is 1. The molecule has 2 aromatic heterocycles. The van der Waals surface area contributed by atoms with E-state index in [1.807, 2.05) is 23.2 Å². The van der Waals surface area contributed by atoms with Crippen LogP contribution >= 0.6 is 11.6 Å². The van der Waals surface area contributed by atoms with Gasteiger partial charge < -0.3 is 14.2 Å². The average Bonchev–Trinajstić information content (AvgIpc) is 3.33. The smallest absolute Gasteiger partial charge is 0.298 e. The number of aromatic amines is 1. The zero-order valence-electron chi connectivity index (χ0n) is 15.5. The van der Waals surface area contributed by atoms with Crippen LogP contribution in [0.3, 0.4) is 0 Å². The van der Waals surface area contributed by atoms with Crippen LogP contribution in [0.15, 0.2) is 28.8 Å². The fourth-order valence-corrected chi connectivity index (χ4v) is 4.40. The molecule has 4 heterocycles. The van der Waals surface area contributed by atoms with E-state index >= 15 is 0 Å². The molecular formula is C20H22ClN5O2. The van der Waals surface area contributed by atoms with Gasteiger partial charge in [0.1, 0.15) is 5.52 Å². The second-order valence-electron chi connectivity index (χ2n) is 7.71. The van der Waals surface area contributed by atoms with Gasteiger partial charge in [-0.1, -0.05) is 11.6 Å². The van der Waals surface area contributed by atoms with Gasteiger partial charge in [-0.05, 0) is 30.9 Å². The van der Waals surface area contributed by atoms with Gasteiger partial charge in [-0.25, -0.2) is 0 Å². The largest absolute Gasteiger partial charge is 0.423 e. The Labute approximate surface area is 167 Å². The summed E-state index contributed by atoms with van der Waals surface area (Å²) in [4.78, 5) is 21.5. The van der Waals surface area contributed by atoms with E-state index in [-0.39, 0.29) is 5.91 Å². The van der Waals surface area contributed by atoms with Crippen LogP contribution in [-0.2, 0) is 17.8 Å². The number of hydrogen-bond donors (Lipinski definition) is 1. The van der Waals surface area contributed by atoms with Crippen LogP contribution in [0.1, 0.15) is 30.5 Å². The second kappa shape index (κ2) is 7.13. The van der Waals surface area contributed by atoms with Gasteiger partial charge in [0.15, 0.2) is 5.58 Å². The molecule has 0 saturated carbocycles. The monoisotopic (exact) mass is 399 g/mol. The number of aromatic nitrogens is 3. The van der Waals surface area contributed by atoms with Crippen molar-refractivity contribution in [1.82, 2.24) is 20.1 Å². The lowest BCUT2D eigenvalue weighted by molar-refractivity contribution is -0.133. The van der Waals surface area contributed by atoms with E-state index in [0.29, 0.717) is 35.5 Å². The first kappa shape index (κ1) is 17.6. The van der Waals surface area contributed by atoms with Crippen LogP contribution in [-0.4, -0.2) is 45.6 Å². The minimum atomic E-state index is 0.225. The third-order valence-electron chi connectivity index (χ3n) is 5.75. The number of anilines is 1. The van der Waals surface area contributed by atoms with Crippen molar-refractivity contribution in [2.45, 2.75) is 32.2 Å². The number of benzene rings is 1. The number of rotatable bonds is 3. The Morgan fingerprint density at radius 3 is 3.21 bits per heavy atom. The lowest BCUT2D eigenvalue weighted by Crippen LogP contribution is -2.40. The number of nitrogens with one attached hydrogen (secondary N) is 1. The van der Waals surface area contributed by atoms with Crippen LogP contribution in [0, 0.1) is 5.92 Å². The first-order chi connectivity index (χ1) is 13.7. The molecule has 146 valence electrons. The van der Waals surface area contributed by atoms with Crippen molar-refractivity contribution in [1.29, 1.82) is 0 Å². The van der Waals surface area contributed by atoms with Crippen molar-refractivity contribution in [2.75, 3.05) is 24.5 Å². The summed E-state index contributed by atoms with van der Waals surface area (Å²) in [5.41, 5.74) is 3.80. The summed E-state index contributed by atoms with van der Waals surface area (Å²) >= 11 is 6.04. The van der Waals surface area contributed by atoms with E-state index < -0.39 is 0 Å². The first-order valence-corrected chi connectivity index (χ1v) is 10.1. The molecule has 2 aliphatic rings. The van der Waals surface area contributed by atoms with Gasteiger partial charge in [-0.2, -0.15) is 10.1 Å². The maximum absolute atomic E-state index is 12.8. The standard InChI is InChI=1S/C20H22ClN5O2/c21-15-3-4-17-18(9-15)28-20(23-17)26-6-1-2-13(11-26)8-19(27)25-7-5-16-14(12-25)10-22-24-16/h3-4,9-10,13H,1-2,5-8,11-12H2,(H,22,24). The summed E-state index contributed by atoms with van der Waals surface area (Å²) in [7, 11) is 0. The number of fused-ring (bicyclic) bond motifs is 2. The van der Waals surface area contributed by atoms with Crippen molar-refractivity contribution in [3.8, 4) is 0 Å². The Bertz CT molecular complexity index is 1010. The molecule has 1 amide bonds. The summed E-state index contributed by atoms with van der Waals surface area (Å²) in [5, 5.41) is 7.74. The lowest BCUT2D eigenvalue weighted by Gasteiger charge is -2.33. The van der Waals surface area contributed by atoms with Crippen molar-refractivity contribution in [3.63, 3.8) is 0 Å². The van der Waals surface area contributed by atoms with Crippen LogP contribution < -0.4 is 4.90 Å². The molecule has 28 heavy (non-hydrogen) atoms. The SMILES string of the molecule is O=C(CC1CCCN(c2nc3ccc(Cl)cc3o2)C1)N1CCc2[nH]ncc2C1. The van der Waals surface area contributed by atoms with E-state index in [2.05, 4.69) is 20.1 Å². The van der Waals surface area contributed by atoms with E-state index in [1.54, 1.807) is 6.07 Å². The van der Waals surface area contributed by atoms with Crippen molar-refractivity contribution in [3.05, 3.63) is 40.7 Å². The van der Waals surface area contributed by atoms with E-state index in [9.17, 15) is 4.79 Å². The molecule has 0 spiro atoms. The van der Waals surface area contributed by atoms with Crippen molar-refractivity contribution >= 4 is 34.6 Å². The van der Waals surface area contributed by atoms with Gasteiger partial charge in [0.05, 0.1) is 6.20 Å². The first-order valence-electron chi connectivity index (χ1n) is 9.75. The molecule has 1 aromatic carbocycles. The van der Waals surface area contributed by atoms with Crippen molar-refractivity contribution in [2.24, 2.45) is 5.92 Å². The number of H-pyrrole nitrogens is 1. The number of carbonyl (C=O) groups is 1. The maximum Gasteiger partial charge on any atom is 0.298 e. The molecule has 1 saturated heterocycles. The fraction of sp³-hybridized carbons (Fsp3) is 0.450. The van der Waals surface area contributed by atoms with E-state index in [0.717, 1.165) is 55.7 Å². The van der Waals surface area contributed by atoms with Crippen LogP contribution in [0.5, 0.6) is 0 Å². The van der Waals surface area contributed by atoms with Crippen LogP contribution in [0.2, 0.25) is 5.02 Å². The number of piperidine rings is 1. The molecule has 0 radical (unpaired) electrons. The van der Waals surface area contributed by atoms with Gasteiger partial charge in [0, 0.05) is 61.4 Å². The Morgan fingerprint density at radius 2 is 2.29 bits per heavy atom. The summed E-state index contributed by atoms with van der Waals surface area (Å²) < 4.78 is 5.91. The summed E-state index contributed by atoms with van der Waals surface area (Å²) in [6.45, 7) is 3.10. The normalized spacial score (nSPS) is 19.8. The number of oxazole rings is 1. The maximum atomic E-state index is 12.8. The second-order valence-corrected chi connectivity index (χ2v) is 8.14. The molecule has 5 rings (SSSR count). The van der Waals surface area contributed by atoms with Gasteiger partial charge >= 0.3 is 0 Å². The quantitative estimate of drug-likeness (QED) is 0.730. The zero-order chi connectivity index (χ0) is 19.1. The highest BCUT2D eigenvalue weighted by molar-refractivity contribution is 6.31. The molecule has 1 unspecified atom stereocenters. The summed E-state index contributed by atoms with van der Waals surface area (Å²) in [5.74, 6) is 0.536. The van der Waals surface area contributed by atoms with E-state index in [4.69, 9.17) is 16.0 Å². The molecule has 1 atom stereocenters. The van der Waals surface area contributed by atoms with Gasteiger partial charge in [-0.3, -0.25) is 9.89 Å². The Hall–Kier alpha value is -2.54. The molecule has 0 bridgehead atoms. The van der Waals surface area contributed by atoms with E-state index in [1.165, 1.54) is 0 Å². The van der Waals surface area contributed by atoms with Crippen molar-refractivity contribution < 1.29 is 9.21 Å². The fourth-order valence-electron chi connectivity index (χ4n) is 4.24. The number of amides is 1. The Morgan fingerprint density at radius 1 is 1.36 bits per heavy atom. The number of hydrogen-bond acceptors (Lipinski definition) is 5. The average molecular weight is 400 g/mol. The predicted octanol–water partition coefficient (Wildman–Crippen LogP) is 3.40. The Kier molecular flexibility index (Phi) is 4.47. The van der Waals surface area contributed by atoms with Crippen LogP contribution in [0.25, 0.3) is 11.1 Å². The molecule has 2 aliphatic heterocycles. The summed E-state index contributed by atoms with van der Waals surface area (Å²) in [6, 6.07) is 6.10. The summed E-state index contributed by atoms with van der Waals surface area (Å²) in [6.07, 6.45) is 5.33. The predicted molar refractivity (Wildman–Crippen MR) is 106 cm³/mol. The van der Waals surface area contributed by atoms with Crippen LogP contribution in [0.4, 0.5) is 6.01 Å². The third kappa shape index (κ3) is 3.35. The minimum Gasteiger partial charge on any atom is -0.423 e. The zero-order valence-corrected chi connectivity index (χ0v) is 16.3. The molecular weight excluding hydrogens is 378 g/mol. The molecule has 8 heteroatoms. The highest BCUT2D eigenvalue weighted by atomic mass is 35.5. The Balaban J connectivity index is 1.24. The molecule has 7 nitrogen and oxygen atoms in total. The third-order valence-corrected chi connectivity index (χ3v) is 5.98. The molecule has 3 aromatic rings.